The van der Waals surface area contributed by atoms with Crippen molar-refractivity contribution in [2.75, 3.05) is 0 Å². The lowest BCUT2D eigenvalue weighted by atomic mass is 9.61. The molecule has 0 spiro atoms. The van der Waals surface area contributed by atoms with E-state index in [4.69, 9.17) is 4.43 Å². The van der Waals surface area contributed by atoms with Crippen LogP contribution in [-0.2, 0) is 9.22 Å². The summed E-state index contributed by atoms with van der Waals surface area (Å²) in [5, 5.41) is 0. The summed E-state index contributed by atoms with van der Waals surface area (Å²) in [4.78, 5) is 12.6. The molecule has 3 heteroatoms. The fraction of sp³-hybridized carbons (Fsp3) is 0.962. The van der Waals surface area contributed by atoms with Gasteiger partial charge in [0.05, 0.1) is 5.60 Å². The van der Waals surface area contributed by atoms with Crippen LogP contribution in [0.4, 0.5) is 0 Å². The number of Topliss-reactive ketones (excluding diaryl/α,β-unsaturated/α-hetero) is 1. The number of carbonyl (C=O) groups excluding carboxylic acids is 1. The standard InChI is InChI=1S/C26H50O2Si/c1-20(2)12-9-13-21(14-10-18-25(3,4)28-29(6,7)8)22-16-17-23-24(27)15-11-19-26(22,23)5/h20-23H,9-19H2,1-8H3/t21?,22?,23?,26-/m1/s1. The van der Waals surface area contributed by atoms with Crippen molar-refractivity contribution in [3.8, 4) is 0 Å². The molecule has 0 aromatic rings. The average Bonchev–Trinajstić information content (AvgIpc) is 2.89. The van der Waals surface area contributed by atoms with Crippen LogP contribution in [0.25, 0.3) is 0 Å². The van der Waals surface area contributed by atoms with Gasteiger partial charge in [0.15, 0.2) is 8.32 Å². The summed E-state index contributed by atoms with van der Waals surface area (Å²) >= 11 is 0. The molecule has 0 amide bonds. The highest BCUT2D eigenvalue weighted by Crippen LogP contribution is 2.58. The summed E-state index contributed by atoms with van der Waals surface area (Å²) in [6.45, 7) is 18.6. The zero-order valence-electron chi connectivity index (χ0n) is 20.9. The molecular formula is C26H50O2Si. The van der Waals surface area contributed by atoms with Crippen molar-refractivity contribution in [1.29, 1.82) is 0 Å². The van der Waals surface area contributed by atoms with Gasteiger partial charge in [0.25, 0.3) is 0 Å². The molecule has 2 aliphatic carbocycles. The fourth-order valence-electron chi connectivity index (χ4n) is 6.75. The van der Waals surface area contributed by atoms with E-state index in [0.29, 0.717) is 11.7 Å². The molecule has 0 N–H and O–H groups in total. The molecule has 2 rings (SSSR count). The highest BCUT2D eigenvalue weighted by molar-refractivity contribution is 6.69. The Morgan fingerprint density at radius 2 is 1.76 bits per heavy atom. The third-order valence-electron chi connectivity index (χ3n) is 7.80. The van der Waals surface area contributed by atoms with Gasteiger partial charge in [-0.1, -0.05) is 52.9 Å². The van der Waals surface area contributed by atoms with E-state index in [1.807, 2.05) is 0 Å². The highest BCUT2D eigenvalue weighted by Gasteiger charge is 2.52. The molecule has 0 heterocycles. The van der Waals surface area contributed by atoms with Crippen LogP contribution in [-0.4, -0.2) is 19.7 Å². The molecule has 0 radical (unpaired) electrons. The second-order valence-electron chi connectivity index (χ2n) is 12.5. The predicted molar refractivity (Wildman–Crippen MR) is 128 cm³/mol. The van der Waals surface area contributed by atoms with Crippen LogP contribution in [0.15, 0.2) is 0 Å². The lowest BCUT2D eigenvalue weighted by molar-refractivity contribution is -0.130. The molecule has 29 heavy (non-hydrogen) atoms. The van der Waals surface area contributed by atoms with Gasteiger partial charge in [0, 0.05) is 12.3 Å². The Morgan fingerprint density at radius 3 is 2.38 bits per heavy atom. The molecule has 2 aliphatic rings. The summed E-state index contributed by atoms with van der Waals surface area (Å²) in [5.41, 5.74) is 0.276. The lowest BCUT2D eigenvalue weighted by Gasteiger charge is -2.43. The molecule has 2 nitrogen and oxygen atoms in total. The van der Waals surface area contributed by atoms with Crippen LogP contribution in [0, 0.1) is 29.1 Å². The zero-order chi connectivity index (χ0) is 21.9. The molecule has 0 aliphatic heterocycles. The van der Waals surface area contributed by atoms with Gasteiger partial charge >= 0.3 is 0 Å². The molecular weight excluding hydrogens is 372 g/mol. The highest BCUT2D eigenvalue weighted by atomic mass is 28.4. The molecule has 0 aromatic heterocycles. The topological polar surface area (TPSA) is 26.3 Å². The average molecular weight is 423 g/mol. The second kappa shape index (κ2) is 9.98. The van der Waals surface area contributed by atoms with Crippen molar-refractivity contribution in [2.24, 2.45) is 29.1 Å². The van der Waals surface area contributed by atoms with E-state index in [1.165, 1.54) is 44.9 Å². The van der Waals surface area contributed by atoms with E-state index in [1.54, 1.807) is 0 Å². The smallest absolute Gasteiger partial charge is 0.184 e. The molecule has 170 valence electrons. The van der Waals surface area contributed by atoms with Gasteiger partial charge in [-0.3, -0.25) is 4.79 Å². The Morgan fingerprint density at radius 1 is 1.10 bits per heavy atom. The van der Waals surface area contributed by atoms with E-state index in [2.05, 4.69) is 54.3 Å². The van der Waals surface area contributed by atoms with Crippen molar-refractivity contribution in [3.63, 3.8) is 0 Å². The van der Waals surface area contributed by atoms with Crippen molar-refractivity contribution in [1.82, 2.24) is 0 Å². The van der Waals surface area contributed by atoms with Crippen LogP contribution < -0.4 is 0 Å². The van der Waals surface area contributed by atoms with Crippen molar-refractivity contribution >= 4 is 14.1 Å². The first-order valence-corrected chi connectivity index (χ1v) is 16.0. The summed E-state index contributed by atoms with van der Waals surface area (Å²) in [5.74, 6) is 3.28. The number of ketones is 1. The number of fused-ring (bicyclic) bond motifs is 1. The van der Waals surface area contributed by atoms with Gasteiger partial charge in [-0.2, -0.15) is 0 Å². The Hall–Kier alpha value is -0.153. The largest absolute Gasteiger partial charge is 0.413 e. The number of carbonyl (C=O) groups is 1. The van der Waals surface area contributed by atoms with Crippen molar-refractivity contribution in [3.05, 3.63) is 0 Å². The Kier molecular flexibility index (Phi) is 8.64. The maximum atomic E-state index is 12.6. The third-order valence-corrected chi connectivity index (χ3v) is 8.96. The van der Waals surface area contributed by atoms with Crippen molar-refractivity contribution < 1.29 is 9.22 Å². The monoisotopic (exact) mass is 422 g/mol. The quantitative estimate of drug-likeness (QED) is 0.315. The lowest BCUT2D eigenvalue weighted by Crippen LogP contribution is -2.40. The van der Waals surface area contributed by atoms with E-state index in [0.717, 1.165) is 43.4 Å². The fourth-order valence-corrected chi connectivity index (χ4v) is 8.51. The van der Waals surface area contributed by atoms with E-state index in [-0.39, 0.29) is 11.0 Å². The molecule has 4 atom stereocenters. The minimum atomic E-state index is -1.51. The second-order valence-corrected chi connectivity index (χ2v) is 16.9. The van der Waals surface area contributed by atoms with Gasteiger partial charge in [0.1, 0.15) is 5.78 Å². The van der Waals surface area contributed by atoms with Gasteiger partial charge in [-0.05, 0) is 88.8 Å². The van der Waals surface area contributed by atoms with Crippen LogP contribution in [0.5, 0.6) is 0 Å². The molecule has 0 saturated heterocycles. The molecule has 2 fully saturated rings. The summed E-state index contributed by atoms with van der Waals surface area (Å²) in [7, 11) is -1.51. The van der Waals surface area contributed by atoms with E-state index >= 15 is 0 Å². The minimum absolute atomic E-state index is 0.00409. The van der Waals surface area contributed by atoms with Crippen LogP contribution in [0.3, 0.4) is 0 Å². The third kappa shape index (κ3) is 7.20. The van der Waals surface area contributed by atoms with E-state index < -0.39 is 8.32 Å². The molecule has 0 aromatic carbocycles. The normalized spacial score (nSPS) is 29.3. The predicted octanol–water partition coefficient (Wildman–Crippen LogP) is 8.01. The van der Waals surface area contributed by atoms with Gasteiger partial charge in [-0.15, -0.1) is 0 Å². The zero-order valence-corrected chi connectivity index (χ0v) is 21.9. The number of hydrogen-bond donors (Lipinski definition) is 0. The maximum Gasteiger partial charge on any atom is 0.184 e. The summed E-state index contributed by atoms with van der Waals surface area (Å²) in [6.07, 6.45) is 13.5. The van der Waals surface area contributed by atoms with E-state index in [9.17, 15) is 4.79 Å². The van der Waals surface area contributed by atoms with Crippen LogP contribution in [0.2, 0.25) is 19.6 Å². The first kappa shape index (κ1) is 25.1. The number of hydrogen-bond acceptors (Lipinski definition) is 2. The van der Waals surface area contributed by atoms with Gasteiger partial charge in [0.2, 0.25) is 0 Å². The van der Waals surface area contributed by atoms with Crippen LogP contribution >= 0.6 is 0 Å². The van der Waals surface area contributed by atoms with Crippen molar-refractivity contribution in [2.45, 2.75) is 130 Å². The first-order chi connectivity index (χ1) is 13.3. The van der Waals surface area contributed by atoms with Gasteiger partial charge < -0.3 is 4.43 Å². The SMILES string of the molecule is CC(C)CCCC(CCCC(C)(C)O[Si](C)(C)C)C1CCC2C(=O)CCC[C@@]21C. The molecule has 0 bridgehead atoms. The Balaban J connectivity index is 2.02. The first-order valence-electron chi connectivity index (χ1n) is 12.6. The summed E-state index contributed by atoms with van der Waals surface area (Å²) in [6, 6.07) is 0. The Bertz CT molecular complexity index is 533. The molecule has 3 unspecified atom stereocenters. The Labute approximate surface area is 183 Å². The summed E-state index contributed by atoms with van der Waals surface area (Å²) < 4.78 is 6.46. The van der Waals surface area contributed by atoms with Crippen LogP contribution in [0.1, 0.15) is 105 Å². The number of rotatable bonds is 11. The molecule has 2 saturated carbocycles. The van der Waals surface area contributed by atoms with Gasteiger partial charge in [-0.25, -0.2) is 0 Å². The minimum Gasteiger partial charge on any atom is -0.413 e. The maximum absolute atomic E-state index is 12.6.